The highest BCUT2D eigenvalue weighted by Gasteiger charge is 2.22. The van der Waals surface area contributed by atoms with Gasteiger partial charge in [-0.1, -0.05) is 0 Å². The van der Waals surface area contributed by atoms with Crippen LogP contribution in [0.25, 0.3) is 0 Å². The number of aromatic nitrogens is 1. The molecule has 6 nitrogen and oxygen atoms in total. The van der Waals surface area contributed by atoms with Crippen LogP contribution in [0.15, 0.2) is 16.7 Å². The molecule has 0 aliphatic carbocycles. The number of rotatable bonds is 3. The van der Waals surface area contributed by atoms with E-state index >= 15 is 0 Å². The monoisotopic (exact) mass is 314 g/mol. The van der Waals surface area contributed by atoms with Crippen LogP contribution in [0.2, 0.25) is 0 Å². The molecular weight excluding hydrogens is 300 g/mol. The molecule has 1 atom stereocenters. The lowest BCUT2D eigenvalue weighted by atomic mass is 9.98. The second kappa shape index (κ2) is 5.62. The smallest absolute Gasteiger partial charge is 0.288 e. The van der Waals surface area contributed by atoms with Crippen molar-refractivity contribution in [1.29, 1.82) is 0 Å². The quantitative estimate of drug-likeness (QED) is 0.680. The van der Waals surface area contributed by atoms with Gasteiger partial charge in [-0.2, -0.15) is 0 Å². The van der Waals surface area contributed by atoms with Crippen LogP contribution in [0.1, 0.15) is 12.8 Å². The van der Waals surface area contributed by atoms with Gasteiger partial charge >= 0.3 is 0 Å². The number of hydrogen-bond donors (Lipinski definition) is 1. The van der Waals surface area contributed by atoms with Crippen molar-refractivity contribution in [3.05, 3.63) is 26.9 Å². The second-order valence-corrected chi connectivity index (χ2v) is 5.30. The second-order valence-electron chi connectivity index (χ2n) is 4.45. The molecule has 7 heteroatoms. The van der Waals surface area contributed by atoms with E-state index < -0.39 is 4.92 Å². The van der Waals surface area contributed by atoms with E-state index in [2.05, 4.69) is 25.8 Å². The summed E-state index contributed by atoms with van der Waals surface area (Å²) in [6, 6.07) is 1.49. The minimum absolute atomic E-state index is 0.00184. The van der Waals surface area contributed by atoms with Crippen LogP contribution in [0, 0.1) is 16.0 Å². The van der Waals surface area contributed by atoms with Gasteiger partial charge in [-0.3, -0.25) is 10.1 Å². The predicted molar refractivity (Wildman–Crippen MR) is 72.6 cm³/mol. The van der Waals surface area contributed by atoms with Crippen LogP contribution in [-0.2, 0) is 0 Å². The summed E-state index contributed by atoms with van der Waals surface area (Å²) in [5, 5.41) is 10.7. The van der Waals surface area contributed by atoms with E-state index in [4.69, 9.17) is 5.73 Å². The normalized spacial score (nSPS) is 19.9. The van der Waals surface area contributed by atoms with Crippen LogP contribution < -0.4 is 10.6 Å². The molecule has 1 saturated heterocycles. The molecule has 1 aliphatic rings. The summed E-state index contributed by atoms with van der Waals surface area (Å²) >= 11 is 3.35. The number of nitro groups is 1. The molecular formula is C11H15BrN4O2. The molecule has 0 spiro atoms. The summed E-state index contributed by atoms with van der Waals surface area (Å²) in [7, 11) is 0. The fourth-order valence-corrected chi connectivity index (χ4v) is 2.79. The third-order valence-electron chi connectivity index (χ3n) is 3.17. The molecule has 2 N–H and O–H groups in total. The zero-order chi connectivity index (χ0) is 13.1. The molecule has 1 aromatic heterocycles. The van der Waals surface area contributed by atoms with E-state index in [0.29, 0.717) is 16.9 Å². The number of anilines is 1. The Morgan fingerprint density at radius 2 is 2.44 bits per heavy atom. The lowest BCUT2D eigenvalue weighted by Crippen LogP contribution is -2.39. The van der Waals surface area contributed by atoms with Crippen LogP contribution in [0.3, 0.4) is 0 Å². The number of piperidine rings is 1. The maximum absolute atomic E-state index is 10.7. The highest BCUT2D eigenvalue weighted by molar-refractivity contribution is 9.10. The predicted octanol–water partition coefficient (Wildman–Crippen LogP) is 1.93. The van der Waals surface area contributed by atoms with Crippen molar-refractivity contribution in [3.63, 3.8) is 0 Å². The number of nitrogens with two attached hydrogens (primary N) is 1. The fourth-order valence-electron chi connectivity index (χ4n) is 2.20. The molecule has 2 heterocycles. The molecule has 0 aromatic carbocycles. The molecule has 1 fully saturated rings. The third-order valence-corrected chi connectivity index (χ3v) is 3.75. The van der Waals surface area contributed by atoms with E-state index in [0.717, 1.165) is 31.7 Å². The van der Waals surface area contributed by atoms with Crippen molar-refractivity contribution < 1.29 is 4.92 Å². The Bertz CT molecular complexity index is 455. The van der Waals surface area contributed by atoms with Crippen LogP contribution in [0.4, 0.5) is 11.5 Å². The average Bonchev–Trinajstić information content (AvgIpc) is 2.38. The maximum atomic E-state index is 10.7. The van der Waals surface area contributed by atoms with E-state index in [9.17, 15) is 10.1 Å². The van der Waals surface area contributed by atoms with E-state index in [1.54, 1.807) is 0 Å². The molecule has 0 bridgehead atoms. The minimum Gasteiger partial charge on any atom is -0.355 e. The van der Waals surface area contributed by atoms with Crippen molar-refractivity contribution >= 4 is 27.4 Å². The van der Waals surface area contributed by atoms with Crippen LogP contribution in [-0.4, -0.2) is 29.5 Å². The van der Waals surface area contributed by atoms with Gasteiger partial charge in [0.25, 0.3) is 5.69 Å². The van der Waals surface area contributed by atoms with Crippen molar-refractivity contribution in [1.82, 2.24) is 4.98 Å². The Kier molecular flexibility index (Phi) is 4.13. The lowest BCUT2D eigenvalue weighted by Gasteiger charge is -2.33. The number of pyridine rings is 1. The molecule has 0 radical (unpaired) electrons. The van der Waals surface area contributed by atoms with Crippen molar-refractivity contribution in [2.24, 2.45) is 11.7 Å². The first kappa shape index (κ1) is 13.2. The summed E-state index contributed by atoms with van der Waals surface area (Å²) < 4.78 is 0.661. The molecule has 1 aromatic rings. The molecule has 18 heavy (non-hydrogen) atoms. The highest BCUT2D eigenvalue weighted by atomic mass is 79.9. The van der Waals surface area contributed by atoms with Gasteiger partial charge in [0.1, 0.15) is 12.0 Å². The van der Waals surface area contributed by atoms with Gasteiger partial charge in [0, 0.05) is 19.2 Å². The molecule has 1 aliphatic heterocycles. The zero-order valence-corrected chi connectivity index (χ0v) is 11.5. The van der Waals surface area contributed by atoms with Crippen molar-refractivity contribution in [2.45, 2.75) is 12.8 Å². The Morgan fingerprint density at radius 3 is 3.06 bits per heavy atom. The van der Waals surface area contributed by atoms with Gasteiger partial charge in [-0.05, 0) is 41.2 Å². The standard InChI is InChI=1S/C11H15BrN4O2/c12-10-4-9(16(17)18)6-14-11(10)15-3-1-2-8(5-13)7-15/h4,6,8H,1-3,5,7,13H2. The Hall–Kier alpha value is -1.21. The van der Waals surface area contributed by atoms with E-state index in [-0.39, 0.29) is 5.69 Å². The van der Waals surface area contributed by atoms with E-state index in [1.165, 1.54) is 12.3 Å². The molecule has 0 amide bonds. The van der Waals surface area contributed by atoms with Gasteiger partial charge < -0.3 is 10.6 Å². The molecule has 98 valence electrons. The van der Waals surface area contributed by atoms with Crippen LogP contribution in [0.5, 0.6) is 0 Å². The first-order valence-corrected chi connectivity index (χ1v) is 6.66. The topological polar surface area (TPSA) is 85.3 Å². The Balaban J connectivity index is 2.20. The first-order chi connectivity index (χ1) is 8.61. The summed E-state index contributed by atoms with van der Waals surface area (Å²) in [6.45, 7) is 2.45. The lowest BCUT2D eigenvalue weighted by molar-refractivity contribution is -0.385. The Labute approximate surface area is 113 Å². The number of nitrogens with zero attached hydrogens (tertiary/aromatic N) is 3. The van der Waals surface area contributed by atoms with E-state index in [1.807, 2.05) is 0 Å². The maximum Gasteiger partial charge on any atom is 0.288 e. The molecule has 2 rings (SSSR count). The average molecular weight is 315 g/mol. The third kappa shape index (κ3) is 2.78. The van der Waals surface area contributed by atoms with Gasteiger partial charge in [0.05, 0.1) is 9.40 Å². The highest BCUT2D eigenvalue weighted by Crippen LogP contribution is 2.30. The SMILES string of the molecule is NCC1CCCN(c2ncc([N+](=O)[O-])cc2Br)C1. The van der Waals surface area contributed by atoms with Crippen molar-refractivity contribution in [3.8, 4) is 0 Å². The molecule has 1 unspecified atom stereocenters. The summed E-state index contributed by atoms with van der Waals surface area (Å²) in [6.07, 6.45) is 3.51. The van der Waals surface area contributed by atoms with Gasteiger partial charge in [0.15, 0.2) is 0 Å². The largest absolute Gasteiger partial charge is 0.355 e. The van der Waals surface area contributed by atoms with Crippen molar-refractivity contribution in [2.75, 3.05) is 24.5 Å². The number of hydrogen-bond acceptors (Lipinski definition) is 5. The van der Waals surface area contributed by atoms with Crippen LogP contribution >= 0.6 is 15.9 Å². The molecule has 0 saturated carbocycles. The van der Waals surface area contributed by atoms with Gasteiger partial charge in [0.2, 0.25) is 0 Å². The summed E-state index contributed by atoms with van der Waals surface area (Å²) in [5.41, 5.74) is 5.70. The van der Waals surface area contributed by atoms with Gasteiger partial charge in [-0.15, -0.1) is 0 Å². The summed E-state index contributed by atoms with van der Waals surface area (Å²) in [5.74, 6) is 1.24. The summed E-state index contributed by atoms with van der Waals surface area (Å²) in [4.78, 5) is 16.5. The fraction of sp³-hybridized carbons (Fsp3) is 0.545. The van der Waals surface area contributed by atoms with Gasteiger partial charge in [-0.25, -0.2) is 4.98 Å². The first-order valence-electron chi connectivity index (χ1n) is 5.86. The minimum atomic E-state index is -0.444. The Morgan fingerprint density at radius 1 is 1.67 bits per heavy atom. The number of halogens is 1. The zero-order valence-electron chi connectivity index (χ0n) is 9.88.